The van der Waals surface area contributed by atoms with Gasteiger partial charge in [0.1, 0.15) is 23.6 Å². The Bertz CT molecular complexity index is 808. The Labute approximate surface area is 159 Å². The van der Waals surface area contributed by atoms with Crippen LogP contribution >= 0.6 is 0 Å². The maximum Gasteiger partial charge on any atom is 0.410 e. The summed E-state index contributed by atoms with van der Waals surface area (Å²) in [5.41, 5.74) is 7.96. The van der Waals surface area contributed by atoms with Gasteiger partial charge in [0.05, 0.1) is 5.69 Å². The number of aryl methyl sites for hydroxylation is 1. The highest BCUT2D eigenvalue weighted by Gasteiger charge is 2.27. The topological polar surface area (TPSA) is 97.5 Å². The third-order valence-electron chi connectivity index (χ3n) is 4.32. The second kappa shape index (κ2) is 7.38. The Morgan fingerprint density at radius 2 is 1.81 bits per heavy atom. The highest BCUT2D eigenvalue weighted by atomic mass is 16.6. The number of carbonyl (C=O) groups is 1. The minimum absolute atomic E-state index is 0.274. The van der Waals surface area contributed by atoms with Crippen LogP contribution in [-0.4, -0.2) is 57.7 Å². The van der Waals surface area contributed by atoms with Crippen molar-refractivity contribution >= 4 is 17.7 Å². The van der Waals surface area contributed by atoms with Gasteiger partial charge in [-0.05, 0) is 39.8 Å². The second-order valence-electron chi connectivity index (χ2n) is 7.58. The van der Waals surface area contributed by atoms with Crippen LogP contribution in [0.2, 0.25) is 0 Å². The highest BCUT2D eigenvalue weighted by molar-refractivity contribution is 5.78. The van der Waals surface area contributed by atoms with Gasteiger partial charge >= 0.3 is 6.09 Å². The van der Waals surface area contributed by atoms with Gasteiger partial charge in [-0.1, -0.05) is 0 Å². The van der Waals surface area contributed by atoms with Gasteiger partial charge in [0.15, 0.2) is 0 Å². The molecule has 144 valence electrons. The fourth-order valence-electron chi connectivity index (χ4n) is 3.02. The van der Waals surface area contributed by atoms with E-state index in [1.54, 1.807) is 23.5 Å². The van der Waals surface area contributed by atoms with Crippen molar-refractivity contribution in [2.24, 2.45) is 0 Å². The van der Waals surface area contributed by atoms with E-state index in [4.69, 9.17) is 10.5 Å². The van der Waals surface area contributed by atoms with Gasteiger partial charge in [-0.25, -0.2) is 19.7 Å². The number of nitrogens with zero attached hydrogens (tertiary/aromatic N) is 5. The molecule has 0 radical (unpaired) electrons. The summed E-state index contributed by atoms with van der Waals surface area (Å²) in [4.78, 5) is 29.2. The number of ether oxygens (including phenoxy) is 1. The van der Waals surface area contributed by atoms with Crippen LogP contribution < -0.4 is 10.6 Å². The number of nitrogen functional groups attached to an aromatic ring is 1. The number of rotatable bonds is 2. The minimum Gasteiger partial charge on any atom is -0.444 e. The quantitative estimate of drug-likeness (QED) is 0.867. The Morgan fingerprint density at radius 3 is 2.41 bits per heavy atom. The highest BCUT2D eigenvalue weighted by Crippen LogP contribution is 2.31. The van der Waals surface area contributed by atoms with E-state index >= 15 is 0 Å². The summed E-state index contributed by atoms with van der Waals surface area (Å²) in [6.07, 6.45) is 3.03. The van der Waals surface area contributed by atoms with Gasteiger partial charge in [-0.2, -0.15) is 0 Å². The summed E-state index contributed by atoms with van der Waals surface area (Å²) in [7, 11) is 0. The number of carbonyl (C=O) groups excluding carboxylic acids is 1. The molecule has 0 bridgehead atoms. The molecule has 0 unspecified atom stereocenters. The van der Waals surface area contributed by atoms with Crippen LogP contribution in [0.4, 0.5) is 16.4 Å². The van der Waals surface area contributed by atoms with Gasteiger partial charge in [0, 0.05) is 43.5 Å². The summed E-state index contributed by atoms with van der Waals surface area (Å²) in [5.74, 6) is 1.32. The fraction of sp³-hybridized carbons (Fsp3) is 0.474. The molecule has 0 aliphatic carbocycles. The molecule has 3 rings (SSSR count). The molecular formula is C19H26N6O2. The Kier molecular flexibility index (Phi) is 5.16. The first kappa shape index (κ1) is 18.9. The molecule has 8 heteroatoms. The van der Waals surface area contributed by atoms with Crippen molar-refractivity contribution in [2.45, 2.75) is 33.3 Å². The lowest BCUT2D eigenvalue weighted by atomic mass is 10.1. The van der Waals surface area contributed by atoms with Gasteiger partial charge in [0.2, 0.25) is 0 Å². The Balaban J connectivity index is 1.78. The van der Waals surface area contributed by atoms with Crippen LogP contribution in [0.25, 0.3) is 11.1 Å². The van der Waals surface area contributed by atoms with Crippen molar-refractivity contribution in [3.05, 3.63) is 30.4 Å². The smallest absolute Gasteiger partial charge is 0.410 e. The lowest BCUT2D eigenvalue weighted by molar-refractivity contribution is 0.0240. The number of aromatic nitrogens is 3. The zero-order chi connectivity index (χ0) is 19.6. The molecule has 3 heterocycles. The van der Waals surface area contributed by atoms with E-state index in [-0.39, 0.29) is 6.09 Å². The van der Waals surface area contributed by atoms with Crippen LogP contribution in [-0.2, 0) is 4.74 Å². The first-order valence-corrected chi connectivity index (χ1v) is 9.01. The number of piperazine rings is 1. The van der Waals surface area contributed by atoms with E-state index in [0.29, 0.717) is 32.0 Å². The number of hydrogen-bond acceptors (Lipinski definition) is 7. The molecule has 2 aromatic rings. The first-order chi connectivity index (χ1) is 12.7. The SMILES string of the molecule is Cc1ncnc(N2CCN(C(=O)OC(C)(C)C)CC2)c1-c1ccc(N)nc1. The molecule has 1 saturated heterocycles. The van der Waals surface area contributed by atoms with E-state index < -0.39 is 5.60 Å². The predicted octanol–water partition coefficient (Wildman–Crippen LogP) is 2.49. The standard InChI is InChI=1S/C19H26N6O2/c1-13-16(14-5-6-15(20)21-11-14)17(23-12-22-13)24-7-9-25(10-8-24)18(26)27-19(2,3)4/h5-6,11-12H,7-10H2,1-4H3,(H2,20,21). The van der Waals surface area contributed by atoms with Gasteiger partial charge < -0.3 is 20.3 Å². The van der Waals surface area contributed by atoms with Crippen molar-refractivity contribution in [2.75, 3.05) is 36.8 Å². The number of anilines is 2. The van der Waals surface area contributed by atoms with E-state index in [1.165, 1.54) is 0 Å². The molecule has 0 spiro atoms. The molecule has 2 aromatic heterocycles. The molecule has 8 nitrogen and oxygen atoms in total. The van der Waals surface area contributed by atoms with Crippen molar-refractivity contribution in [3.63, 3.8) is 0 Å². The number of hydrogen-bond donors (Lipinski definition) is 1. The van der Waals surface area contributed by atoms with E-state index in [9.17, 15) is 4.79 Å². The first-order valence-electron chi connectivity index (χ1n) is 9.01. The molecule has 1 aliphatic heterocycles. The maximum absolute atomic E-state index is 12.3. The third kappa shape index (κ3) is 4.45. The van der Waals surface area contributed by atoms with E-state index in [0.717, 1.165) is 22.6 Å². The van der Waals surface area contributed by atoms with Crippen LogP contribution in [0, 0.1) is 6.92 Å². The summed E-state index contributed by atoms with van der Waals surface area (Å²) in [6.45, 7) is 10.1. The zero-order valence-electron chi connectivity index (χ0n) is 16.3. The number of amides is 1. The van der Waals surface area contributed by atoms with Gasteiger partial charge in [-0.15, -0.1) is 0 Å². The molecule has 1 amide bonds. The van der Waals surface area contributed by atoms with Gasteiger partial charge in [0.25, 0.3) is 0 Å². The third-order valence-corrected chi connectivity index (χ3v) is 4.32. The van der Waals surface area contributed by atoms with Gasteiger partial charge in [-0.3, -0.25) is 0 Å². The molecule has 1 fully saturated rings. The summed E-state index contributed by atoms with van der Waals surface area (Å²) >= 11 is 0. The normalized spacial score (nSPS) is 15.0. The molecule has 1 aliphatic rings. The lowest BCUT2D eigenvalue weighted by Crippen LogP contribution is -2.50. The second-order valence-corrected chi connectivity index (χ2v) is 7.58. The van der Waals surface area contributed by atoms with Crippen LogP contribution in [0.5, 0.6) is 0 Å². The Hall–Kier alpha value is -2.90. The van der Waals surface area contributed by atoms with Crippen molar-refractivity contribution in [1.82, 2.24) is 19.9 Å². The zero-order valence-corrected chi connectivity index (χ0v) is 16.3. The molecule has 0 atom stereocenters. The van der Waals surface area contributed by atoms with Crippen LogP contribution in [0.1, 0.15) is 26.5 Å². The predicted molar refractivity (Wildman–Crippen MR) is 104 cm³/mol. The summed E-state index contributed by atoms with van der Waals surface area (Å²) in [6, 6.07) is 3.69. The van der Waals surface area contributed by atoms with Crippen molar-refractivity contribution in [3.8, 4) is 11.1 Å². The van der Waals surface area contributed by atoms with Crippen molar-refractivity contribution in [1.29, 1.82) is 0 Å². The Morgan fingerprint density at radius 1 is 1.11 bits per heavy atom. The molecule has 0 saturated carbocycles. The fourth-order valence-corrected chi connectivity index (χ4v) is 3.02. The summed E-state index contributed by atoms with van der Waals surface area (Å²) < 4.78 is 5.46. The van der Waals surface area contributed by atoms with Crippen LogP contribution in [0.15, 0.2) is 24.7 Å². The van der Waals surface area contributed by atoms with Crippen molar-refractivity contribution < 1.29 is 9.53 Å². The number of pyridine rings is 1. The van der Waals surface area contributed by atoms with Crippen LogP contribution in [0.3, 0.4) is 0 Å². The maximum atomic E-state index is 12.3. The largest absolute Gasteiger partial charge is 0.444 e. The minimum atomic E-state index is -0.493. The molecule has 0 aromatic carbocycles. The molecular weight excluding hydrogens is 344 g/mol. The summed E-state index contributed by atoms with van der Waals surface area (Å²) in [5, 5.41) is 0. The average molecular weight is 370 g/mol. The monoisotopic (exact) mass is 370 g/mol. The molecule has 2 N–H and O–H groups in total. The molecule has 27 heavy (non-hydrogen) atoms. The average Bonchev–Trinajstić information content (AvgIpc) is 2.61. The van der Waals surface area contributed by atoms with E-state index in [1.807, 2.05) is 33.8 Å². The number of nitrogens with two attached hydrogens (primary N) is 1. The lowest BCUT2D eigenvalue weighted by Gasteiger charge is -2.36. The van der Waals surface area contributed by atoms with E-state index in [2.05, 4.69) is 19.9 Å².